The summed E-state index contributed by atoms with van der Waals surface area (Å²) in [6, 6.07) is 6.35. The quantitative estimate of drug-likeness (QED) is 0.759. The molecule has 4 nitrogen and oxygen atoms in total. The zero-order valence-corrected chi connectivity index (χ0v) is 14.2. The van der Waals surface area contributed by atoms with E-state index >= 15 is 0 Å². The van der Waals surface area contributed by atoms with Crippen LogP contribution in [-0.4, -0.2) is 37.2 Å². The molecule has 0 aromatic heterocycles. The first-order valence-electron chi connectivity index (χ1n) is 7.30. The Labute approximate surface area is 134 Å². The summed E-state index contributed by atoms with van der Waals surface area (Å²) in [6.45, 7) is 3.78. The molecule has 1 atom stereocenters. The molecular weight excluding hydrogens is 334 g/mol. The number of benzene rings is 1. The fourth-order valence-electron chi connectivity index (χ4n) is 2.76. The van der Waals surface area contributed by atoms with E-state index in [4.69, 9.17) is 9.47 Å². The third kappa shape index (κ3) is 4.71. The van der Waals surface area contributed by atoms with Gasteiger partial charge in [0.05, 0.1) is 7.11 Å². The topological polar surface area (TPSA) is 38.8 Å². The van der Waals surface area contributed by atoms with E-state index in [2.05, 4.69) is 26.9 Å². The maximum absolute atomic E-state index is 11.0. The lowest BCUT2D eigenvalue weighted by molar-refractivity contribution is -0.143. The number of carbonyl (C=O) groups is 1. The van der Waals surface area contributed by atoms with Crippen molar-refractivity contribution in [2.45, 2.75) is 38.8 Å². The first kappa shape index (κ1) is 16.3. The van der Waals surface area contributed by atoms with Crippen LogP contribution in [-0.2, 0) is 16.1 Å². The van der Waals surface area contributed by atoms with Crippen molar-refractivity contribution in [2.24, 2.45) is 0 Å². The molecule has 0 unspecified atom stereocenters. The van der Waals surface area contributed by atoms with Gasteiger partial charge in [0, 0.05) is 29.5 Å². The van der Waals surface area contributed by atoms with Crippen LogP contribution in [0.4, 0.5) is 0 Å². The van der Waals surface area contributed by atoms with Gasteiger partial charge in [-0.25, -0.2) is 0 Å². The fourth-order valence-corrected chi connectivity index (χ4v) is 3.17. The van der Waals surface area contributed by atoms with Gasteiger partial charge in [0.2, 0.25) is 0 Å². The van der Waals surface area contributed by atoms with Gasteiger partial charge in [-0.15, -0.1) is 0 Å². The van der Waals surface area contributed by atoms with Crippen molar-refractivity contribution in [2.75, 3.05) is 20.3 Å². The van der Waals surface area contributed by atoms with Crippen molar-refractivity contribution in [3.8, 4) is 5.75 Å². The molecule has 1 aromatic rings. The Hall–Kier alpha value is -1.07. The van der Waals surface area contributed by atoms with E-state index in [0.29, 0.717) is 12.6 Å². The minimum absolute atomic E-state index is 0.208. The van der Waals surface area contributed by atoms with Crippen molar-refractivity contribution < 1.29 is 14.3 Å². The number of rotatable bonds is 5. The molecular formula is C16H22BrNO3. The van der Waals surface area contributed by atoms with Gasteiger partial charge in [0.1, 0.15) is 12.4 Å². The number of methoxy groups -OCH3 is 1. The second-order valence-corrected chi connectivity index (χ2v) is 6.29. The molecule has 116 valence electrons. The van der Waals surface area contributed by atoms with E-state index in [1.165, 1.54) is 19.8 Å². The predicted octanol–water partition coefficient (Wildman–Crippen LogP) is 3.38. The molecule has 0 N–H and O–H groups in total. The van der Waals surface area contributed by atoms with E-state index in [9.17, 15) is 4.79 Å². The molecule has 1 fully saturated rings. The molecule has 1 saturated heterocycles. The lowest BCUT2D eigenvalue weighted by atomic mass is 10.0. The molecule has 0 amide bonds. The first-order valence-corrected chi connectivity index (χ1v) is 8.09. The molecule has 0 spiro atoms. The summed E-state index contributed by atoms with van der Waals surface area (Å²) in [4.78, 5) is 13.4. The van der Waals surface area contributed by atoms with Gasteiger partial charge >= 0.3 is 5.97 Å². The molecule has 0 radical (unpaired) electrons. The molecule has 1 heterocycles. The molecule has 1 aromatic carbocycles. The Balaban J connectivity index is 2.08. The summed E-state index contributed by atoms with van der Waals surface area (Å²) in [6.07, 6.45) is 3.45. The van der Waals surface area contributed by atoms with Crippen LogP contribution in [0, 0.1) is 0 Å². The Kier molecular flexibility index (Phi) is 6.06. The highest BCUT2D eigenvalue weighted by molar-refractivity contribution is 9.10. The zero-order valence-electron chi connectivity index (χ0n) is 12.6. The standard InChI is InChI=1S/C16H22BrNO3/c1-12(19)21-11-15-5-3-4-8-18(15)10-13-9-14(17)6-7-16(13)20-2/h6-7,9,15H,3-5,8,10-11H2,1-2H3/t15-/m1/s1. The van der Waals surface area contributed by atoms with E-state index < -0.39 is 0 Å². The normalized spacial score (nSPS) is 19.3. The molecule has 2 rings (SSSR count). The first-order chi connectivity index (χ1) is 10.1. The Bertz CT molecular complexity index is 492. The minimum atomic E-state index is -0.208. The van der Waals surface area contributed by atoms with Gasteiger partial charge < -0.3 is 9.47 Å². The van der Waals surface area contributed by atoms with Crippen molar-refractivity contribution >= 4 is 21.9 Å². The number of likely N-dealkylation sites (tertiary alicyclic amines) is 1. The third-order valence-electron chi connectivity index (χ3n) is 3.84. The van der Waals surface area contributed by atoms with Gasteiger partial charge in [-0.1, -0.05) is 22.4 Å². The third-order valence-corrected chi connectivity index (χ3v) is 4.34. The van der Waals surface area contributed by atoms with E-state index in [0.717, 1.165) is 35.3 Å². The summed E-state index contributed by atoms with van der Waals surface area (Å²) in [5.74, 6) is 0.690. The molecule has 21 heavy (non-hydrogen) atoms. The Morgan fingerprint density at radius 1 is 1.43 bits per heavy atom. The van der Waals surface area contributed by atoms with Crippen molar-refractivity contribution in [1.29, 1.82) is 0 Å². The van der Waals surface area contributed by atoms with E-state index in [-0.39, 0.29) is 5.97 Å². The monoisotopic (exact) mass is 355 g/mol. The van der Waals surface area contributed by atoms with Gasteiger partial charge in [0.25, 0.3) is 0 Å². The van der Waals surface area contributed by atoms with Crippen LogP contribution in [0.3, 0.4) is 0 Å². The predicted molar refractivity (Wildman–Crippen MR) is 85.4 cm³/mol. The SMILES string of the molecule is COc1ccc(Br)cc1CN1CCCC[C@@H]1COC(C)=O. The number of hydrogen-bond acceptors (Lipinski definition) is 4. The van der Waals surface area contributed by atoms with Gasteiger partial charge in [-0.05, 0) is 37.6 Å². The molecule has 1 aliphatic rings. The van der Waals surface area contributed by atoms with Crippen LogP contribution in [0.2, 0.25) is 0 Å². The number of halogens is 1. The largest absolute Gasteiger partial charge is 0.496 e. The van der Waals surface area contributed by atoms with Gasteiger partial charge in [0.15, 0.2) is 0 Å². The summed E-state index contributed by atoms with van der Waals surface area (Å²) in [5.41, 5.74) is 1.15. The number of piperidine rings is 1. The number of ether oxygens (including phenoxy) is 2. The van der Waals surface area contributed by atoms with Crippen LogP contribution in [0.5, 0.6) is 5.75 Å². The maximum atomic E-state index is 11.0. The molecule has 1 aliphatic heterocycles. The smallest absolute Gasteiger partial charge is 0.302 e. The molecule has 0 aliphatic carbocycles. The van der Waals surface area contributed by atoms with Crippen LogP contribution < -0.4 is 4.74 Å². The van der Waals surface area contributed by atoms with Crippen molar-refractivity contribution in [3.05, 3.63) is 28.2 Å². The number of carbonyl (C=O) groups excluding carboxylic acids is 1. The highest BCUT2D eigenvalue weighted by Gasteiger charge is 2.24. The second kappa shape index (κ2) is 7.80. The lowest BCUT2D eigenvalue weighted by Crippen LogP contribution is -2.42. The van der Waals surface area contributed by atoms with Crippen LogP contribution >= 0.6 is 15.9 Å². The summed E-state index contributed by atoms with van der Waals surface area (Å²) in [5, 5.41) is 0. The van der Waals surface area contributed by atoms with Gasteiger partial charge in [-0.3, -0.25) is 9.69 Å². The maximum Gasteiger partial charge on any atom is 0.302 e. The van der Waals surface area contributed by atoms with E-state index in [1.54, 1.807) is 7.11 Å². The van der Waals surface area contributed by atoms with Gasteiger partial charge in [-0.2, -0.15) is 0 Å². The Morgan fingerprint density at radius 3 is 2.95 bits per heavy atom. The van der Waals surface area contributed by atoms with Crippen LogP contribution in [0.1, 0.15) is 31.7 Å². The average molecular weight is 356 g/mol. The van der Waals surface area contributed by atoms with E-state index in [1.807, 2.05) is 12.1 Å². The Morgan fingerprint density at radius 2 is 2.24 bits per heavy atom. The van der Waals surface area contributed by atoms with Crippen LogP contribution in [0.15, 0.2) is 22.7 Å². The minimum Gasteiger partial charge on any atom is -0.496 e. The van der Waals surface area contributed by atoms with Crippen molar-refractivity contribution in [1.82, 2.24) is 4.90 Å². The number of esters is 1. The average Bonchev–Trinajstić information content (AvgIpc) is 2.46. The summed E-state index contributed by atoms with van der Waals surface area (Å²) < 4.78 is 11.7. The highest BCUT2D eigenvalue weighted by Crippen LogP contribution is 2.27. The number of nitrogens with zero attached hydrogens (tertiary/aromatic N) is 1. The highest BCUT2D eigenvalue weighted by atomic mass is 79.9. The van der Waals surface area contributed by atoms with Crippen molar-refractivity contribution in [3.63, 3.8) is 0 Å². The zero-order chi connectivity index (χ0) is 15.2. The summed E-state index contributed by atoms with van der Waals surface area (Å²) in [7, 11) is 1.69. The lowest BCUT2D eigenvalue weighted by Gasteiger charge is -2.35. The van der Waals surface area contributed by atoms with Crippen LogP contribution in [0.25, 0.3) is 0 Å². The molecule has 0 saturated carbocycles. The molecule has 5 heteroatoms. The number of hydrogen-bond donors (Lipinski definition) is 0. The molecule has 0 bridgehead atoms. The summed E-state index contributed by atoms with van der Waals surface area (Å²) >= 11 is 3.51. The second-order valence-electron chi connectivity index (χ2n) is 5.38. The fraction of sp³-hybridized carbons (Fsp3) is 0.562.